The second-order valence-corrected chi connectivity index (χ2v) is 4.17. The van der Waals surface area contributed by atoms with Gasteiger partial charge in [-0.15, -0.1) is 0 Å². The number of pyridine rings is 1. The van der Waals surface area contributed by atoms with Gasteiger partial charge in [-0.3, -0.25) is 4.98 Å². The van der Waals surface area contributed by atoms with Crippen LogP contribution in [0.15, 0.2) is 30.5 Å². The smallest absolute Gasteiger partial charge is 0.0603 e. The van der Waals surface area contributed by atoms with Gasteiger partial charge in [-0.1, -0.05) is 12.2 Å². The van der Waals surface area contributed by atoms with E-state index in [1.54, 1.807) is 0 Å². The van der Waals surface area contributed by atoms with Crippen LogP contribution in [0.4, 0.5) is 5.69 Å². The van der Waals surface area contributed by atoms with Crippen molar-refractivity contribution in [1.82, 2.24) is 4.98 Å². The van der Waals surface area contributed by atoms with E-state index in [4.69, 9.17) is 0 Å². The highest BCUT2D eigenvalue weighted by atomic mass is 14.9. The van der Waals surface area contributed by atoms with Gasteiger partial charge in [0.05, 0.1) is 11.4 Å². The van der Waals surface area contributed by atoms with E-state index in [1.807, 2.05) is 19.2 Å². The number of hydrogen-bond donors (Lipinski definition) is 1. The second-order valence-electron chi connectivity index (χ2n) is 4.17. The molecule has 0 amide bonds. The van der Waals surface area contributed by atoms with Gasteiger partial charge in [0.2, 0.25) is 0 Å². The minimum atomic E-state index is 0.787. The summed E-state index contributed by atoms with van der Waals surface area (Å²) in [6.07, 6.45) is 10.2. The van der Waals surface area contributed by atoms with Crippen LogP contribution < -0.4 is 5.32 Å². The first-order valence-corrected chi connectivity index (χ1v) is 5.67. The van der Waals surface area contributed by atoms with E-state index in [0.29, 0.717) is 0 Å². The molecule has 1 unspecified atom stereocenters. The van der Waals surface area contributed by atoms with Crippen molar-refractivity contribution < 1.29 is 0 Å². The van der Waals surface area contributed by atoms with Crippen LogP contribution in [0.2, 0.25) is 0 Å². The minimum Gasteiger partial charge on any atom is -0.383 e. The van der Waals surface area contributed by atoms with E-state index >= 15 is 0 Å². The molecule has 1 atom stereocenters. The van der Waals surface area contributed by atoms with Gasteiger partial charge in [-0.05, 0) is 44.2 Å². The third-order valence-corrected chi connectivity index (χ3v) is 2.97. The van der Waals surface area contributed by atoms with Crippen molar-refractivity contribution >= 4 is 5.69 Å². The predicted octanol–water partition coefficient (Wildman–Crippen LogP) is 3.16. The van der Waals surface area contributed by atoms with Gasteiger partial charge in [-0.2, -0.15) is 0 Å². The number of anilines is 1. The maximum Gasteiger partial charge on any atom is 0.0603 e. The standard InChI is InChI=1S/C13H18N2/c1-11-13(8-5-9-14-11)15-10-12-6-3-2-4-7-12/h2-3,5,8-9,12,15H,4,6-7,10H2,1H3. The monoisotopic (exact) mass is 202 g/mol. The molecule has 0 saturated heterocycles. The lowest BCUT2D eigenvalue weighted by molar-refractivity contribution is 0.504. The fraction of sp³-hybridized carbons (Fsp3) is 0.462. The predicted molar refractivity (Wildman–Crippen MR) is 63.9 cm³/mol. The van der Waals surface area contributed by atoms with Crippen LogP contribution >= 0.6 is 0 Å². The molecule has 0 radical (unpaired) electrons. The Hall–Kier alpha value is -1.31. The van der Waals surface area contributed by atoms with Crippen molar-refractivity contribution in [2.75, 3.05) is 11.9 Å². The largest absolute Gasteiger partial charge is 0.383 e. The zero-order valence-corrected chi connectivity index (χ0v) is 9.24. The number of nitrogens with zero attached hydrogens (tertiary/aromatic N) is 1. The minimum absolute atomic E-state index is 0.787. The molecule has 0 fully saturated rings. The molecule has 0 saturated carbocycles. The summed E-state index contributed by atoms with van der Waals surface area (Å²) in [4.78, 5) is 4.27. The zero-order chi connectivity index (χ0) is 10.5. The van der Waals surface area contributed by atoms with Gasteiger partial charge in [0.15, 0.2) is 0 Å². The van der Waals surface area contributed by atoms with Crippen LogP contribution in [0, 0.1) is 12.8 Å². The SMILES string of the molecule is Cc1ncccc1NCC1CC=CCC1. The van der Waals surface area contributed by atoms with Gasteiger partial charge in [0.25, 0.3) is 0 Å². The molecule has 1 heterocycles. The van der Waals surface area contributed by atoms with Crippen molar-refractivity contribution in [3.8, 4) is 0 Å². The Kier molecular flexibility index (Phi) is 3.38. The summed E-state index contributed by atoms with van der Waals surface area (Å²) < 4.78 is 0. The molecule has 1 N–H and O–H groups in total. The zero-order valence-electron chi connectivity index (χ0n) is 9.24. The average Bonchev–Trinajstić information content (AvgIpc) is 2.29. The van der Waals surface area contributed by atoms with Crippen LogP contribution in [0.1, 0.15) is 25.0 Å². The molecule has 0 aliphatic heterocycles. The van der Waals surface area contributed by atoms with Gasteiger partial charge < -0.3 is 5.32 Å². The van der Waals surface area contributed by atoms with Crippen molar-refractivity contribution in [3.05, 3.63) is 36.2 Å². The molecule has 1 aromatic rings. The highest BCUT2D eigenvalue weighted by molar-refractivity contribution is 5.46. The molecule has 0 bridgehead atoms. The van der Waals surface area contributed by atoms with Gasteiger partial charge in [0.1, 0.15) is 0 Å². The second kappa shape index (κ2) is 4.96. The van der Waals surface area contributed by atoms with Crippen LogP contribution in [-0.2, 0) is 0 Å². The summed E-state index contributed by atoms with van der Waals surface area (Å²) in [5, 5.41) is 3.49. The topological polar surface area (TPSA) is 24.9 Å². The van der Waals surface area contributed by atoms with Crippen molar-refractivity contribution in [2.24, 2.45) is 5.92 Å². The number of aromatic nitrogens is 1. The highest BCUT2D eigenvalue weighted by Crippen LogP contribution is 2.19. The van der Waals surface area contributed by atoms with E-state index in [-0.39, 0.29) is 0 Å². The normalized spacial score (nSPS) is 20.2. The summed E-state index contributed by atoms with van der Waals surface area (Å²) in [5.41, 5.74) is 2.26. The number of nitrogens with one attached hydrogen (secondary N) is 1. The first-order valence-electron chi connectivity index (χ1n) is 5.67. The number of aryl methyl sites for hydroxylation is 1. The Balaban J connectivity index is 1.87. The van der Waals surface area contributed by atoms with Crippen LogP contribution in [0.25, 0.3) is 0 Å². The van der Waals surface area contributed by atoms with E-state index in [0.717, 1.165) is 18.2 Å². The third-order valence-electron chi connectivity index (χ3n) is 2.97. The molecule has 2 rings (SSSR count). The van der Waals surface area contributed by atoms with Gasteiger partial charge in [0, 0.05) is 12.7 Å². The molecule has 0 spiro atoms. The van der Waals surface area contributed by atoms with E-state index in [9.17, 15) is 0 Å². The number of allylic oxidation sites excluding steroid dienone is 2. The Morgan fingerprint density at radius 1 is 1.47 bits per heavy atom. The molecular formula is C13H18N2. The van der Waals surface area contributed by atoms with Crippen LogP contribution in [-0.4, -0.2) is 11.5 Å². The third kappa shape index (κ3) is 2.82. The van der Waals surface area contributed by atoms with E-state index < -0.39 is 0 Å². The molecular weight excluding hydrogens is 184 g/mol. The van der Waals surface area contributed by atoms with Crippen LogP contribution in [0.3, 0.4) is 0 Å². The van der Waals surface area contributed by atoms with Crippen molar-refractivity contribution in [2.45, 2.75) is 26.2 Å². The lowest BCUT2D eigenvalue weighted by Gasteiger charge is -2.19. The Labute approximate surface area is 91.4 Å². The van der Waals surface area contributed by atoms with Gasteiger partial charge >= 0.3 is 0 Å². The molecule has 1 aliphatic rings. The van der Waals surface area contributed by atoms with Gasteiger partial charge in [-0.25, -0.2) is 0 Å². The quantitative estimate of drug-likeness (QED) is 0.761. The number of rotatable bonds is 3. The summed E-state index contributed by atoms with van der Waals surface area (Å²) in [6.45, 7) is 3.11. The maximum atomic E-state index is 4.27. The molecule has 1 aromatic heterocycles. The maximum absolute atomic E-state index is 4.27. The summed E-state index contributed by atoms with van der Waals surface area (Å²) in [5.74, 6) is 0.787. The van der Waals surface area contributed by atoms with Crippen LogP contribution in [0.5, 0.6) is 0 Å². The van der Waals surface area contributed by atoms with E-state index in [1.165, 1.54) is 24.9 Å². The average molecular weight is 202 g/mol. The van der Waals surface area contributed by atoms with Crippen molar-refractivity contribution in [1.29, 1.82) is 0 Å². The molecule has 0 aromatic carbocycles. The fourth-order valence-electron chi connectivity index (χ4n) is 1.97. The molecule has 80 valence electrons. The first-order chi connectivity index (χ1) is 7.36. The molecule has 2 nitrogen and oxygen atoms in total. The molecule has 2 heteroatoms. The summed E-state index contributed by atoms with van der Waals surface area (Å²) >= 11 is 0. The summed E-state index contributed by atoms with van der Waals surface area (Å²) in [7, 11) is 0. The molecule has 15 heavy (non-hydrogen) atoms. The first kappa shape index (κ1) is 10.2. The Morgan fingerprint density at radius 2 is 2.40 bits per heavy atom. The number of hydrogen-bond acceptors (Lipinski definition) is 2. The highest BCUT2D eigenvalue weighted by Gasteiger charge is 2.09. The van der Waals surface area contributed by atoms with Crippen molar-refractivity contribution in [3.63, 3.8) is 0 Å². The molecule has 1 aliphatic carbocycles. The Bertz CT molecular complexity index is 344. The Morgan fingerprint density at radius 3 is 3.13 bits per heavy atom. The lowest BCUT2D eigenvalue weighted by atomic mass is 9.94. The fourth-order valence-corrected chi connectivity index (χ4v) is 1.97. The summed E-state index contributed by atoms with van der Waals surface area (Å²) in [6, 6.07) is 4.08. The lowest BCUT2D eigenvalue weighted by Crippen LogP contribution is -2.15. The van der Waals surface area contributed by atoms with E-state index in [2.05, 4.69) is 28.5 Å².